The summed E-state index contributed by atoms with van der Waals surface area (Å²) in [4.78, 5) is 2.96. The van der Waals surface area contributed by atoms with Crippen LogP contribution in [0.2, 0.25) is 0 Å². The molecule has 1 aliphatic rings. The van der Waals surface area contributed by atoms with Crippen LogP contribution in [0.1, 0.15) is 40.6 Å². The van der Waals surface area contributed by atoms with E-state index < -0.39 is 0 Å². The summed E-state index contributed by atoms with van der Waals surface area (Å²) in [6.07, 6.45) is 6.53. The van der Waals surface area contributed by atoms with E-state index in [9.17, 15) is 0 Å². The number of thioether (sulfide) groups is 1. The predicted octanol–water partition coefficient (Wildman–Crippen LogP) is 3.89. The van der Waals surface area contributed by atoms with Gasteiger partial charge >= 0.3 is 0 Å². The lowest BCUT2D eigenvalue weighted by Crippen LogP contribution is -2.07. The van der Waals surface area contributed by atoms with Crippen molar-refractivity contribution in [1.82, 2.24) is 0 Å². The van der Waals surface area contributed by atoms with Crippen LogP contribution >= 0.6 is 23.1 Å². The second kappa shape index (κ2) is 5.89. The van der Waals surface area contributed by atoms with Crippen molar-refractivity contribution in [2.75, 3.05) is 5.75 Å². The number of rotatable bonds is 5. The molecule has 2 N–H and O–H groups in total. The van der Waals surface area contributed by atoms with Crippen molar-refractivity contribution in [1.29, 1.82) is 0 Å². The molecule has 16 heavy (non-hydrogen) atoms. The highest BCUT2D eigenvalue weighted by molar-refractivity contribution is 7.98. The summed E-state index contributed by atoms with van der Waals surface area (Å²) in [5.74, 6) is 2.46. The zero-order chi connectivity index (χ0) is 11.4. The van der Waals surface area contributed by atoms with Crippen LogP contribution in [0.5, 0.6) is 0 Å². The normalized spacial score (nSPS) is 16.8. The average molecular weight is 253 g/mol. The van der Waals surface area contributed by atoms with E-state index in [0.717, 1.165) is 19.3 Å². The third-order valence-electron chi connectivity index (χ3n) is 2.94. The molecule has 3 heteroatoms. The minimum atomic E-state index is 0.237. The Hall–Kier alpha value is -0.250. The predicted molar refractivity (Wildman–Crippen MR) is 75.2 cm³/mol. The van der Waals surface area contributed by atoms with Crippen molar-refractivity contribution in [3.05, 3.63) is 34.0 Å². The molecule has 0 amide bonds. The first-order valence-electron chi connectivity index (χ1n) is 5.87. The van der Waals surface area contributed by atoms with Gasteiger partial charge in [-0.05, 0) is 43.1 Å². The largest absolute Gasteiger partial charge is 0.323 e. The number of aryl methyl sites for hydroxylation is 1. The van der Waals surface area contributed by atoms with E-state index in [4.69, 9.17) is 5.73 Å². The quantitative estimate of drug-likeness (QED) is 0.636. The summed E-state index contributed by atoms with van der Waals surface area (Å²) in [7, 11) is 0. The number of thiophene rings is 1. The Bertz CT molecular complexity index is 333. The maximum absolute atomic E-state index is 6.22. The number of allylic oxidation sites excluding steroid dienone is 1. The Morgan fingerprint density at radius 3 is 3.19 bits per heavy atom. The molecule has 2 rings (SSSR count). The summed E-state index contributed by atoms with van der Waals surface area (Å²) < 4.78 is 0. The Morgan fingerprint density at radius 1 is 1.56 bits per heavy atom. The molecule has 88 valence electrons. The van der Waals surface area contributed by atoms with Crippen molar-refractivity contribution in [3.8, 4) is 0 Å². The lowest BCUT2D eigenvalue weighted by Gasteiger charge is -2.08. The molecule has 1 nitrogen and oxygen atoms in total. The van der Waals surface area contributed by atoms with Gasteiger partial charge in [0.2, 0.25) is 0 Å². The third kappa shape index (κ3) is 2.90. The van der Waals surface area contributed by atoms with Crippen LogP contribution in [-0.4, -0.2) is 5.75 Å². The molecule has 0 bridgehead atoms. The van der Waals surface area contributed by atoms with Crippen LogP contribution in [0.3, 0.4) is 0 Å². The fourth-order valence-corrected chi connectivity index (χ4v) is 4.39. The fraction of sp³-hybridized carbons (Fsp3) is 0.538. The molecular weight excluding hydrogens is 234 g/mol. The molecule has 1 aromatic heterocycles. The van der Waals surface area contributed by atoms with Gasteiger partial charge in [-0.25, -0.2) is 0 Å². The molecule has 0 saturated heterocycles. The van der Waals surface area contributed by atoms with Crippen molar-refractivity contribution < 1.29 is 0 Å². The molecule has 0 aromatic carbocycles. The van der Waals surface area contributed by atoms with Gasteiger partial charge in [-0.1, -0.05) is 6.08 Å². The minimum absolute atomic E-state index is 0.237. The van der Waals surface area contributed by atoms with E-state index >= 15 is 0 Å². The molecule has 1 unspecified atom stereocenters. The molecule has 1 aromatic rings. The molecule has 1 atom stereocenters. The lowest BCUT2D eigenvalue weighted by atomic mass is 10.1. The highest BCUT2D eigenvalue weighted by Crippen LogP contribution is 2.34. The average Bonchev–Trinajstić information content (AvgIpc) is 2.73. The van der Waals surface area contributed by atoms with Gasteiger partial charge in [0, 0.05) is 21.5 Å². The lowest BCUT2D eigenvalue weighted by molar-refractivity contribution is 0.626. The van der Waals surface area contributed by atoms with Crippen LogP contribution in [0.15, 0.2) is 18.7 Å². The maximum Gasteiger partial charge on any atom is 0.0390 e. The van der Waals surface area contributed by atoms with Crippen LogP contribution in [0, 0.1) is 0 Å². The van der Waals surface area contributed by atoms with Crippen LogP contribution < -0.4 is 5.73 Å². The zero-order valence-corrected chi connectivity index (χ0v) is 11.2. The Kier molecular flexibility index (Phi) is 4.50. The molecule has 1 aliphatic heterocycles. The van der Waals surface area contributed by atoms with Crippen LogP contribution in [-0.2, 0) is 12.2 Å². The van der Waals surface area contributed by atoms with Gasteiger partial charge in [0.25, 0.3) is 0 Å². The van der Waals surface area contributed by atoms with E-state index in [-0.39, 0.29) is 6.04 Å². The maximum atomic E-state index is 6.22. The smallest absolute Gasteiger partial charge is 0.0390 e. The second-order valence-electron chi connectivity index (χ2n) is 4.23. The zero-order valence-electron chi connectivity index (χ0n) is 9.58. The second-order valence-corrected chi connectivity index (χ2v) is 6.50. The number of fused-ring (bicyclic) bond motifs is 1. The molecule has 2 heterocycles. The monoisotopic (exact) mass is 253 g/mol. The Balaban J connectivity index is 1.97. The van der Waals surface area contributed by atoms with Gasteiger partial charge in [0.1, 0.15) is 0 Å². The molecule has 0 aliphatic carbocycles. The molecular formula is C13H19NS2. The van der Waals surface area contributed by atoms with Crippen molar-refractivity contribution in [2.24, 2.45) is 5.73 Å². The summed E-state index contributed by atoms with van der Waals surface area (Å²) in [5, 5.41) is 0. The highest BCUT2D eigenvalue weighted by Gasteiger charge is 2.16. The van der Waals surface area contributed by atoms with Crippen molar-refractivity contribution >= 4 is 23.1 Å². The standard InChI is InChI=1S/C13H19NS2/c1-2-3-4-5-11(14)13-8-10-9-15-7-6-12(10)16-13/h2,8,11H,1,3-7,9,14H2. The first-order chi connectivity index (χ1) is 7.81. The van der Waals surface area contributed by atoms with Gasteiger partial charge in [0.05, 0.1) is 0 Å². The van der Waals surface area contributed by atoms with Gasteiger partial charge in [-0.2, -0.15) is 11.8 Å². The Morgan fingerprint density at radius 2 is 2.44 bits per heavy atom. The SMILES string of the molecule is C=CCCCC(N)c1cc2c(s1)CCSC2. The number of unbranched alkanes of at least 4 members (excludes halogenated alkanes) is 1. The van der Waals surface area contributed by atoms with Gasteiger partial charge in [-0.15, -0.1) is 17.9 Å². The van der Waals surface area contributed by atoms with Gasteiger partial charge in [0.15, 0.2) is 0 Å². The number of hydrogen-bond donors (Lipinski definition) is 1. The first kappa shape index (κ1) is 12.2. The molecule has 0 radical (unpaired) electrons. The van der Waals surface area contributed by atoms with Crippen LogP contribution in [0.4, 0.5) is 0 Å². The van der Waals surface area contributed by atoms with E-state index in [2.05, 4.69) is 12.6 Å². The summed E-state index contributed by atoms with van der Waals surface area (Å²) >= 11 is 3.97. The number of nitrogens with two attached hydrogens (primary N) is 1. The highest BCUT2D eigenvalue weighted by atomic mass is 32.2. The number of hydrogen-bond acceptors (Lipinski definition) is 3. The van der Waals surface area contributed by atoms with Crippen molar-refractivity contribution in [3.63, 3.8) is 0 Å². The van der Waals surface area contributed by atoms with E-state index in [1.54, 1.807) is 4.88 Å². The van der Waals surface area contributed by atoms with E-state index in [0.29, 0.717) is 0 Å². The third-order valence-corrected chi connectivity index (χ3v) is 5.31. The first-order valence-corrected chi connectivity index (χ1v) is 7.84. The Labute approximate surface area is 106 Å². The minimum Gasteiger partial charge on any atom is -0.323 e. The molecule has 0 spiro atoms. The summed E-state index contributed by atoms with van der Waals surface area (Å²) in [6, 6.07) is 2.57. The van der Waals surface area contributed by atoms with Gasteiger partial charge in [-0.3, -0.25) is 0 Å². The van der Waals surface area contributed by atoms with E-state index in [1.807, 2.05) is 29.2 Å². The summed E-state index contributed by atoms with van der Waals surface area (Å²) in [5.41, 5.74) is 7.75. The topological polar surface area (TPSA) is 26.0 Å². The molecule has 0 fully saturated rings. The van der Waals surface area contributed by atoms with Crippen molar-refractivity contribution in [2.45, 2.75) is 37.5 Å². The summed E-state index contributed by atoms with van der Waals surface area (Å²) in [6.45, 7) is 3.74. The van der Waals surface area contributed by atoms with E-state index in [1.165, 1.54) is 28.4 Å². The molecule has 0 saturated carbocycles. The fourth-order valence-electron chi connectivity index (χ4n) is 1.98. The van der Waals surface area contributed by atoms with Crippen LogP contribution in [0.25, 0.3) is 0 Å². The van der Waals surface area contributed by atoms with Gasteiger partial charge < -0.3 is 5.73 Å².